The van der Waals surface area contributed by atoms with E-state index in [1.165, 1.54) is 0 Å². The molecule has 0 saturated carbocycles. The number of nitriles is 1. The highest BCUT2D eigenvalue weighted by Crippen LogP contribution is 2.22. The SMILES string of the molecule is CN1CCN(CCNc2ccc(C#N)cc2Cl)CC1. The van der Waals surface area contributed by atoms with Crippen LogP contribution >= 0.6 is 11.6 Å². The molecule has 0 spiro atoms. The smallest absolute Gasteiger partial charge is 0.0992 e. The molecule has 1 aromatic carbocycles. The Morgan fingerprint density at radius 3 is 2.68 bits per heavy atom. The molecule has 0 aromatic heterocycles. The number of nitrogens with one attached hydrogen (secondary N) is 1. The third-order valence-electron chi connectivity index (χ3n) is 3.44. The van der Waals surface area contributed by atoms with Gasteiger partial charge in [0.05, 0.1) is 22.3 Å². The van der Waals surface area contributed by atoms with Gasteiger partial charge < -0.3 is 10.2 Å². The van der Waals surface area contributed by atoms with E-state index >= 15 is 0 Å². The monoisotopic (exact) mass is 278 g/mol. The number of anilines is 1. The minimum atomic E-state index is 0.592. The molecule has 0 aliphatic carbocycles. The van der Waals surface area contributed by atoms with Crippen LogP contribution < -0.4 is 5.32 Å². The van der Waals surface area contributed by atoms with Crippen molar-refractivity contribution in [1.29, 1.82) is 5.26 Å². The number of halogens is 1. The molecule has 0 unspecified atom stereocenters. The van der Waals surface area contributed by atoms with Gasteiger partial charge in [0.15, 0.2) is 0 Å². The van der Waals surface area contributed by atoms with Gasteiger partial charge in [-0.2, -0.15) is 5.26 Å². The van der Waals surface area contributed by atoms with Gasteiger partial charge in [-0.25, -0.2) is 0 Å². The summed E-state index contributed by atoms with van der Waals surface area (Å²) in [5.74, 6) is 0. The average Bonchev–Trinajstić information content (AvgIpc) is 2.42. The standard InChI is InChI=1S/C14H19ClN4/c1-18-6-8-19(9-7-18)5-4-17-14-3-2-12(11-16)10-13(14)15/h2-3,10,17H,4-9H2,1H3. The number of likely N-dealkylation sites (N-methyl/N-ethyl adjacent to an activating group) is 1. The first-order valence-corrected chi connectivity index (χ1v) is 6.91. The maximum Gasteiger partial charge on any atom is 0.0992 e. The zero-order chi connectivity index (χ0) is 13.7. The van der Waals surface area contributed by atoms with E-state index < -0.39 is 0 Å². The lowest BCUT2D eigenvalue weighted by atomic mass is 10.2. The van der Waals surface area contributed by atoms with Crippen molar-refractivity contribution in [3.05, 3.63) is 28.8 Å². The van der Waals surface area contributed by atoms with E-state index in [4.69, 9.17) is 16.9 Å². The fourth-order valence-electron chi connectivity index (χ4n) is 2.15. The highest BCUT2D eigenvalue weighted by molar-refractivity contribution is 6.33. The topological polar surface area (TPSA) is 42.3 Å². The Morgan fingerprint density at radius 1 is 1.32 bits per heavy atom. The van der Waals surface area contributed by atoms with Gasteiger partial charge in [0.2, 0.25) is 0 Å². The lowest BCUT2D eigenvalue weighted by Gasteiger charge is -2.32. The molecule has 1 N–H and O–H groups in total. The molecule has 1 saturated heterocycles. The Morgan fingerprint density at radius 2 is 2.05 bits per heavy atom. The fraction of sp³-hybridized carbons (Fsp3) is 0.500. The Bertz CT molecular complexity index is 461. The minimum absolute atomic E-state index is 0.592. The van der Waals surface area contributed by atoms with E-state index in [9.17, 15) is 0 Å². The minimum Gasteiger partial charge on any atom is -0.383 e. The van der Waals surface area contributed by atoms with Gasteiger partial charge in [-0.3, -0.25) is 4.90 Å². The molecule has 1 aliphatic rings. The average molecular weight is 279 g/mol. The third kappa shape index (κ3) is 4.10. The fourth-order valence-corrected chi connectivity index (χ4v) is 2.40. The van der Waals surface area contributed by atoms with Gasteiger partial charge in [-0.15, -0.1) is 0 Å². The van der Waals surface area contributed by atoms with E-state index in [0.717, 1.165) is 45.0 Å². The normalized spacial score (nSPS) is 17.1. The molecule has 2 rings (SSSR count). The number of hydrogen-bond acceptors (Lipinski definition) is 4. The molecule has 0 bridgehead atoms. The maximum absolute atomic E-state index is 8.78. The second-order valence-electron chi connectivity index (χ2n) is 4.88. The molecule has 102 valence electrons. The van der Waals surface area contributed by atoms with Gasteiger partial charge >= 0.3 is 0 Å². The van der Waals surface area contributed by atoms with Gasteiger partial charge in [-0.05, 0) is 25.2 Å². The number of piperazine rings is 1. The molecular weight excluding hydrogens is 260 g/mol. The quantitative estimate of drug-likeness (QED) is 0.913. The van der Waals surface area contributed by atoms with E-state index in [-0.39, 0.29) is 0 Å². The zero-order valence-electron chi connectivity index (χ0n) is 11.2. The van der Waals surface area contributed by atoms with Crippen molar-refractivity contribution in [1.82, 2.24) is 9.80 Å². The second kappa shape index (κ2) is 6.76. The van der Waals surface area contributed by atoms with Crippen molar-refractivity contribution in [3.8, 4) is 6.07 Å². The summed E-state index contributed by atoms with van der Waals surface area (Å²) in [6.07, 6.45) is 0. The predicted molar refractivity (Wildman–Crippen MR) is 78.6 cm³/mol. The Balaban J connectivity index is 1.78. The van der Waals surface area contributed by atoms with Crippen LogP contribution in [-0.4, -0.2) is 56.1 Å². The van der Waals surface area contributed by atoms with Crippen LogP contribution in [0.2, 0.25) is 5.02 Å². The molecule has 4 nitrogen and oxygen atoms in total. The summed E-state index contributed by atoms with van der Waals surface area (Å²) >= 11 is 6.11. The molecule has 1 fully saturated rings. The summed E-state index contributed by atoms with van der Waals surface area (Å²) in [6.45, 7) is 6.41. The van der Waals surface area contributed by atoms with Crippen LogP contribution in [0.25, 0.3) is 0 Å². The van der Waals surface area contributed by atoms with Crippen LogP contribution in [0.4, 0.5) is 5.69 Å². The molecule has 0 atom stereocenters. The number of benzene rings is 1. The summed E-state index contributed by atoms with van der Waals surface area (Å²) in [7, 11) is 2.16. The second-order valence-corrected chi connectivity index (χ2v) is 5.29. The van der Waals surface area contributed by atoms with Crippen LogP contribution in [0.1, 0.15) is 5.56 Å². The number of nitrogens with zero attached hydrogens (tertiary/aromatic N) is 3. The molecule has 0 radical (unpaired) electrons. The van der Waals surface area contributed by atoms with E-state index in [1.807, 2.05) is 6.07 Å². The molecule has 19 heavy (non-hydrogen) atoms. The summed E-state index contributed by atoms with van der Waals surface area (Å²) in [4.78, 5) is 4.80. The van der Waals surface area contributed by atoms with Gasteiger partial charge in [0, 0.05) is 39.3 Å². The van der Waals surface area contributed by atoms with Crippen molar-refractivity contribution in [2.24, 2.45) is 0 Å². The summed E-state index contributed by atoms with van der Waals surface area (Å²) in [5.41, 5.74) is 1.49. The van der Waals surface area contributed by atoms with Crippen LogP contribution in [0.5, 0.6) is 0 Å². The van der Waals surface area contributed by atoms with Crippen molar-refractivity contribution in [3.63, 3.8) is 0 Å². The van der Waals surface area contributed by atoms with Crippen molar-refractivity contribution in [2.45, 2.75) is 0 Å². The lowest BCUT2D eigenvalue weighted by Crippen LogP contribution is -2.45. The Hall–Kier alpha value is -1.28. The first kappa shape index (κ1) is 14.1. The van der Waals surface area contributed by atoms with Gasteiger partial charge in [0.25, 0.3) is 0 Å². The molecule has 0 amide bonds. The third-order valence-corrected chi connectivity index (χ3v) is 3.75. The molecule has 1 aliphatic heterocycles. The lowest BCUT2D eigenvalue weighted by molar-refractivity contribution is 0.158. The molecular formula is C14H19ClN4. The zero-order valence-corrected chi connectivity index (χ0v) is 12.0. The van der Waals surface area contributed by atoms with Crippen LogP contribution in [0, 0.1) is 11.3 Å². The van der Waals surface area contributed by atoms with Gasteiger partial charge in [-0.1, -0.05) is 11.6 Å². The summed E-state index contributed by atoms with van der Waals surface area (Å²) < 4.78 is 0. The van der Waals surface area contributed by atoms with Crippen LogP contribution in [0.3, 0.4) is 0 Å². The first-order chi connectivity index (χ1) is 9.19. The highest BCUT2D eigenvalue weighted by Gasteiger charge is 2.12. The van der Waals surface area contributed by atoms with Gasteiger partial charge in [0.1, 0.15) is 0 Å². The van der Waals surface area contributed by atoms with Crippen molar-refractivity contribution < 1.29 is 0 Å². The largest absolute Gasteiger partial charge is 0.383 e. The predicted octanol–water partition coefficient (Wildman–Crippen LogP) is 1.87. The van der Waals surface area contributed by atoms with E-state index in [1.54, 1.807) is 12.1 Å². The molecule has 1 heterocycles. The Labute approximate surface area is 119 Å². The maximum atomic E-state index is 8.78. The number of rotatable bonds is 4. The van der Waals surface area contributed by atoms with E-state index in [0.29, 0.717) is 10.6 Å². The molecule has 5 heteroatoms. The van der Waals surface area contributed by atoms with Crippen LogP contribution in [-0.2, 0) is 0 Å². The first-order valence-electron chi connectivity index (χ1n) is 6.53. The summed E-state index contributed by atoms with van der Waals surface area (Å²) in [6, 6.07) is 7.42. The summed E-state index contributed by atoms with van der Waals surface area (Å²) in [5, 5.41) is 12.7. The molecule has 1 aromatic rings. The van der Waals surface area contributed by atoms with Crippen molar-refractivity contribution >= 4 is 17.3 Å². The highest BCUT2D eigenvalue weighted by atomic mass is 35.5. The number of hydrogen-bond donors (Lipinski definition) is 1. The van der Waals surface area contributed by atoms with E-state index in [2.05, 4.69) is 28.2 Å². The Kier molecular flexibility index (Phi) is 5.03. The van der Waals surface area contributed by atoms with Crippen molar-refractivity contribution in [2.75, 3.05) is 51.6 Å². The van der Waals surface area contributed by atoms with Crippen LogP contribution in [0.15, 0.2) is 18.2 Å².